The summed E-state index contributed by atoms with van der Waals surface area (Å²) in [6.07, 6.45) is 1.96. The monoisotopic (exact) mass is 1580 g/mol. The van der Waals surface area contributed by atoms with Crippen LogP contribution in [0.3, 0.4) is 0 Å². The Bertz CT molecular complexity index is 3880. The molecule has 14 atom stereocenters. The number of unbranched alkanes of at least 4 members (excludes halogenated alkanes) is 1. The van der Waals surface area contributed by atoms with E-state index in [-0.39, 0.29) is 89.2 Å². The minimum atomic E-state index is -4.37. The number of Topliss-reactive ketones (excluding diaryl/α,β-unsaturated/α-hetero) is 1. The molecule has 0 bridgehead atoms. The zero-order valence-electron chi connectivity index (χ0n) is 61.9. The molecule has 1 aromatic heterocycles. The van der Waals surface area contributed by atoms with Crippen molar-refractivity contribution >= 4 is 85.1 Å². The van der Waals surface area contributed by atoms with Crippen LogP contribution in [0.1, 0.15) is 148 Å². The Hall–Kier alpha value is -8.02. The number of aliphatic hydroxyl groups is 1. The molecule has 2 aromatic rings. The number of alkyl halides is 2. The predicted molar refractivity (Wildman–Crippen MR) is 386 cm³/mol. The van der Waals surface area contributed by atoms with E-state index in [1.54, 1.807) is 37.6 Å². The van der Waals surface area contributed by atoms with Gasteiger partial charge in [0.25, 0.3) is 20.2 Å². The third-order valence-corrected chi connectivity index (χ3v) is 22.9. The molecule has 2 unspecified atom stereocenters. The fourth-order valence-corrected chi connectivity index (χ4v) is 16.7. The molecule has 3 saturated carbocycles. The third kappa shape index (κ3) is 22.0. The van der Waals surface area contributed by atoms with Gasteiger partial charge in [-0.1, -0.05) is 70.4 Å². The molecule has 1 aromatic carbocycles. The first-order chi connectivity index (χ1) is 51.4. The van der Waals surface area contributed by atoms with E-state index in [9.17, 15) is 69.9 Å². The molecule has 9 amide bonds. The number of fused-ring (bicyclic) bond motifs is 8. The average molecular weight is 1580 g/mol. The quantitative estimate of drug-likeness (QED) is 0.0329. The highest BCUT2D eigenvalue weighted by Crippen LogP contribution is 2.72. The van der Waals surface area contributed by atoms with Gasteiger partial charge in [0.15, 0.2) is 29.1 Å². The molecule has 109 heavy (non-hydrogen) atoms. The number of urea groups is 1. The Balaban J connectivity index is 0.780. The number of primary amides is 1. The lowest BCUT2D eigenvalue weighted by Gasteiger charge is -2.63. The number of benzene rings is 1. The molecule has 1 saturated heterocycles. The number of rotatable bonds is 39. The number of allylic oxidation sites excluding steroid dienone is 4. The molecule has 1 aliphatic heterocycles. The second-order valence-electron chi connectivity index (χ2n) is 29.5. The van der Waals surface area contributed by atoms with Gasteiger partial charge in [0.05, 0.1) is 61.6 Å². The van der Waals surface area contributed by atoms with E-state index in [4.69, 9.17) is 39.5 Å². The first-order valence-corrected chi connectivity index (χ1v) is 40.1. The second-order valence-corrected chi connectivity index (χ2v) is 32.7. The van der Waals surface area contributed by atoms with Crippen molar-refractivity contribution in [1.29, 1.82) is 0 Å². The maximum atomic E-state index is 18.0. The molecular weight excluding hydrogens is 1470 g/mol. The number of hydrogen-bond acceptors (Lipinski definition) is 23. The Kier molecular flexibility index (Phi) is 30.0. The summed E-state index contributed by atoms with van der Waals surface area (Å²) in [5.74, 6) is -8.70. The summed E-state index contributed by atoms with van der Waals surface area (Å²) in [6, 6.07) is 1.89. The van der Waals surface area contributed by atoms with Gasteiger partial charge in [-0.3, -0.25) is 52.4 Å². The predicted octanol–water partition coefficient (Wildman–Crippen LogP) is 1.09. The number of ether oxygens (including phenoxy) is 4. The number of anilines is 1. The van der Waals surface area contributed by atoms with E-state index < -0.39 is 212 Å². The number of hydrogen-bond donors (Lipinski definition) is 13. The number of aromatic nitrogens is 3. The van der Waals surface area contributed by atoms with Crippen LogP contribution in [0.4, 0.5) is 24.1 Å². The van der Waals surface area contributed by atoms with Gasteiger partial charge in [-0.25, -0.2) is 23.1 Å². The lowest BCUT2D eigenvalue weighted by atomic mass is 9.44. The van der Waals surface area contributed by atoms with E-state index in [1.165, 1.54) is 36.1 Å². The van der Waals surface area contributed by atoms with Crippen molar-refractivity contribution < 1.29 is 107 Å². The highest BCUT2D eigenvalue weighted by molar-refractivity contribution is 7.86. The van der Waals surface area contributed by atoms with Crippen molar-refractivity contribution in [3.8, 4) is 0 Å². The summed E-state index contributed by atoms with van der Waals surface area (Å²) < 4.78 is 123. The Morgan fingerprint density at radius 2 is 1.50 bits per heavy atom. The Morgan fingerprint density at radius 3 is 2.15 bits per heavy atom. The number of aliphatic hydroxyl groups excluding tert-OH is 1. The first-order valence-electron chi connectivity index (χ1n) is 36.9. The van der Waals surface area contributed by atoms with E-state index in [1.807, 2.05) is 6.92 Å². The van der Waals surface area contributed by atoms with E-state index >= 15 is 8.78 Å². The van der Waals surface area contributed by atoms with Crippen molar-refractivity contribution in [2.75, 3.05) is 75.8 Å². The molecule has 0 spiro atoms. The smallest absolute Gasteiger partial charge is 0.407 e. The maximum Gasteiger partial charge on any atom is 0.407 e. The van der Waals surface area contributed by atoms with Gasteiger partial charge in [-0.05, 0) is 131 Å². The van der Waals surface area contributed by atoms with Crippen molar-refractivity contribution in [2.24, 2.45) is 40.1 Å². The molecule has 6 aliphatic rings. The zero-order valence-corrected chi connectivity index (χ0v) is 63.5. The van der Waals surface area contributed by atoms with Crippen LogP contribution in [0.2, 0.25) is 0 Å². The second kappa shape index (κ2) is 37.8. The molecule has 2 heterocycles. The summed E-state index contributed by atoms with van der Waals surface area (Å²) in [5, 5.41) is 41.3. The lowest BCUT2D eigenvalue weighted by molar-refractivity contribution is -0.233. The highest BCUT2D eigenvalue weighted by atomic mass is 32.2. The third-order valence-electron chi connectivity index (χ3n) is 21.5. The number of nitrogens with zero attached hydrogens (tertiary/aromatic N) is 4. The minimum Gasteiger partial charge on any atom is -0.445 e. The van der Waals surface area contributed by atoms with Crippen LogP contribution >= 0.6 is 0 Å². The van der Waals surface area contributed by atoms with E-state index in [0.717, 1.165) is 25.3 Å². The highest BCUT2D eigenvalue weighted by Gasteiger charge is 2.80. The number of nitrogens with one attached hydrogen (secondary N) is 8. The Morgan fingerprint density at radius 1 is 0.826 bits per heavy atom. The molecule has 39 heteroatoms. The molecule has 0 radical (unpaired) electrons. The van der Waals surface area contributed by atoms with Gasteiger partial charge in [-0.2, -0.15) is 16.8 Å². The Labute approximate surface area is 631 Å². The van der Waals surface area contributed by atoms with Gasteiger partial charge in [-0.15, -0.1) is 5.10 Å². The van der Waals surface area contributed by atoms with Crippen LogP contribution in [-0.4, -0.2) is 235 Å². The molecule has 35 nitrogen and oxygen atoms in total. The van der Waals surface area contributed by atoms with Gasteiger partial charge in [0.1, 0.15) is 43.3 Å². The van der Waals surface area contributed by atoms with Crippen molar-refractivity contribution in [3.05, 3.63) is 65.0 Å². The van der Waals surface area contributed by atoms with Crippen LogP contribution in [0.15, 0.2) is 48.1 Å². The summed E-state index contributed by atoms with van der Waals surface area (Å²) in [7, 11) is -8.75. The van der Waals surface area contributed by atoms with Gasteiger partial charge >= 0.3 is 12.1 Å². The molecule has 5 aliphatic carbocycles. The average Bonchev–Trinajstić information content (AvgIpc) is 1.55. The summed E-state index contributed by atoms with van der Waals surface area (Å²) >= 11 is 0. The molecular formula is C70H104F2N14O21S2. The standard InChI is InChI=1S/C70H104F2N14O21S2/c1-6-13-59-106-55-34-45-46-33-48(71)47-32-44(87)22-23-67(47,4)69(46,72)53(88)35-68(45,5)70(55,107-59)54(89)36-79-66(97)105-39-42-18-20-43(21-19-42)80-63(94)50(15-12-25-78-65(74)96)81-64(95)60(41(2)3)82-62(93)49(73)14-10-11-24-75-58(92)40-104-52-17-9-7-8-16-51-61(52)83-84-86(51)29-28-85(37-56(90)76-26-30-108(98,99)100)38-57(91)77-27-31-109(101,102)103/h18-23,32,41,45-46,48-50,52-53,55,59-60,88H,6-17,24-31,33-40,73H2,1-5H3,(H,75,92)(H,76,90)(H,77,91)(H,79,97)(H,80,94)(H,81,95)(H,82,93)(H3,74,78,96)(H,98,99,100)(H,101,102,103)/t45-,46-,48-,49+,50-,52?,53-,55+,59?,60-,67-,68-,69-,70+/m0/s1. The summed E-state index contributed by atoms with van der Waals surface area (Å²) in [4.78, 5) is 133. The normalized spacial score (nSPS) is 26.4. The van der Waals surface area contributed by atoms with Crippen molar-refractivity contribution in [3.63, 3.8) is 0 Å². The van der Waals surface area contributed by atoms with Crippen molar-refractivity contribution in [2.45, 2.75) is 204 Å². The largest absolute Gasteiger partial charge is 0.445 e. The lowest BCUT2D eigenvalue weighted by Crippen LogP contribution is -2.71. The van der Waals surface area contributed by atoms with Gasteiger partial charge < -0.3 is 78.1 Å². The summed E-state index contributed by atoms with van der Waals surface area (Å²) in [5.41, 5.74) is 6.37. The van der Waals surface area contributed by atoms with Gasteiger partial charge in [0, 0.05) is 55.2 Å². The number of carbonyl (C=O) groups is 10. The fraction of sp³-hybridized carbons (Fsp3) is 0.686. The minimum absolute atomic E-state index is 0.00879. The van der Waals surface area contributed by atoms with Crippen LogP contribution < -0.4 is 54.0 Å². The number of amides is 9. The van der Waals surface area contributed by atoms with Crippen LogP contribution in [0.5, 0.6) is 0 Å². The van der Waals surface area contributed by atoms with Crippen LogP contribution in [0, 0.1) is 28.6 Å². The molecule has 4 fully saturated rings. The number of halogens is 2. The summed E-state index contributed by atoms with van der Waals surface area (Å²) in [6.45, 7) is 6.02. The van der Waals surface area contributed by atoms with Crippen LogP contribution in [0.25, 0.3) is 0 Å². The SMILES string of the molecule is CCCC1O[C@@H]2C[C@H]3[C@@H]4C[C@H](F)C5=CC(=O)C=C[C@]5(C)[C@@]4(F)[C@@H](O)C[C@]3(C)[C@]2(C(=O)CNC(=O)OCc2ccc(NC(=O)[C@H](CCCNC(N)=O)NC(=O)[C@@H](NC(=O)[C@H](N)CCCCNC(=O)COC3CCCCCc4c3nnn4CCN(CC(=O)NCCS(=O)(=O)O)CC(=O)NCCS(=O)(=O)O)C(C)C)cc2)O1. The number of ketones is 2. The zero-order chi connectivity index (χ0) is 79.8. The molecule has 606 valence electrons. The van der Waals surface area contributed by atoms with Gasteiger partial charge in [0.2, 0.25) is 35.4 Å². The van der Waals surface area contributed by atoms with Crippen LogP contribution in [-0.2, 0) is 97.1 Å². The van der Waals surface area contributed by atoms with Crippen molar-refractivity contribution in [1.82, 2.24) is 57.1 Å². The maximum absolute atomic E-state index is 18.0. The van der Waals surface area contributed by atoms with E-state index in [0.29, 0.717) is 55.5 Å². The topological polar surface area (TPSA) is 519 Å². The fourth-order valence-electron chi connectivity index (χ4n) is 15.9. The molecule has 8 rings (SSSR count). The number of carbonyl (C=O) groups excluding carboxylic acids is 10. The first kappa shape index (κ1) is 86.6. The number of alkyl carbamates (subject to hydrolysis) is 1. The van der Waals surface area contributed by atoms with E-state index in [2.05, 4.69) is 52.8 Å². The number of nitrogens with two attached hydrogens (primary N) is 2. The molecule has 15 N–H and O–H groups in total.